The number of aromatic nitrogens is 2. The lowest BCUT2D eigenvalue weighted by Gasteiger charge is -2.09. The van der Waals surface area contributed by atoms with Crippen molar-refractivity contribution in [2.24, 2.45) is 0 Å². The van der Waals surface area contributed by atoms with Gasteiger partial charge in [0.2, 0.25) is 0 Å². The predicted octanol–water partition coefficient (Wildman–Crippen LogP) is 2.56. The standard InChI is InChI=1S/C14H19N3O2/c1-4-7-17-9-16-13(14(17)15)10-5-6-11(18-2)12(8-10)19-3/h5-6,8-9H,4,7,15H2,1-3H3. The molecule has 0 atom stereocenters. The van der Waals surface area contributed by atoms with Gasteiger partial charge in [-0.2, -0.15) is 0 Å². The van der Waals surface area contributed by atoms with Gasteiger partial charge < -0.3 is 19.8 Å². The SMILES string of the molecule is CCCn1cnc(-c2ccc(OC)c(OC)c2)c1N. The first-order valence-electron chi connectivity index (χ1n) is 6.24. The van der Waals surface area contributed by atoms with E-state index in [9.17, 15) is 0 Å². The van der Waals surface area contributed by atoms with Crippen molar-refractivity contribution in [2.75, 3.05) is 20.0 Å². The number of imidazole rings is 1. The van der Waals surface area contributed by atoms with Crippen molar-refractivity contribution in [1.82, 2.24) is 9.55 Å². The van der Waals surface area contributed by atoms with Gasteiger partial charge in [0, 0.05) is 12.1 Å². The van der Waals surface area contributed by atoms with Crippen molar-refractivity contribution in [2.45, 2.75) is 19.9 Å². The molecule has 2 rings (SSSR count). The monoisotopic (exact) mass is 261 g/mol. The van der Waals surface area contributed by atoms with Crippen molar-refractivity contribution in [3.8, 4) is 22.8 Å². The molecule has 0 radical (unpaired) electrons. The summed E-state index contributed by atoms with van der Waals surface area (Å²) in [7, 11) is 3.22. The molecule has 0 fully saturated rings. The average molecular weight is 261 g/mol. The van der Waals surface area contributed by atoms with E-state index in [0.717, 1.165) is 24.2 Å². The molecule has 0 unspecified atom stereocenters. The van der Waals surface area contributed by atoms with E-state index in [1.807, 2.05) is 22.8 Å². The fraction of sp³-hybridized carbons (Fsp3) is 0.357. The van der Waals surface area contributed by atoms with Crippen LogP contribution in [-0.4, -0.2) is 23.8 Å². The second-order valence-corrected chi connectivity index (χ2v) is 4.24. The topological polar surface area (TPSA) is 62.3 Å². The van der Waals surface area contributed by atoms with Crippen LogP contribution in [0, 0.1) is 0 Å². The average Bonchev–Trinajstić information content (AvgIpc) is 2.80. The maximum Gasteiger partial charge on any atom is 0.161 e. The van der Waals surface area contributed by atoms with Crippen molar-refractivity contribution in [3.05, 3.63) is 24.5 Å². The van der Waals surface area contributed by atoms with Gasteiger partial charge >= 0.3 is 0 Å². The summed E-state index contributed by atoms with van der Waals surface area (Å²) >= 11 is 0. The van der Waals surface area contributed by atoms with Crippen LogP contribution in [0.4, 0.5) is 5.82 Å². The Morgan fingerprint density at radius 3 is 2.58 bits per heavy atom. The third-order valence-electron chi connectivity index (χ3n) is 3.00. The van der Waals surface area contributed by atoms with Gasteiger partial charge in [-0.3, -0.25) is 0 Å². The minimum Gasteiger partial charge on any atom is -0.493 e. The van der Waals surface area contributed by atoms with Crippen LogP contribution in [0.5, 0.6) is 11.5 Å². The molecule has 5 heteroatoms. The number of aryl methyl sites for hydroxylation is 1. The molecule has 0 bridgehead atoms. The molecule has 0 aliphatic carbocycles. The lowest BCUT2D eigenvalue weighted by Crippen LogP contribution is -2.01. The molecule has 0 aliphatic rings. The summed E-state index contributed by atoms with van der Waals surface area (Å²) in [5.41, 5.74) is 7.81. The summed E-state index contributed by atoms with van der Waals surface area (Å²) in [6, 6.07) is 5.66. The van der Waals surface area contributed by atoms with E-state index in [0.29, 0.717) is 17.3 Å². The van der Waals surface area contributed by atoms with E-state index in [1.54, 1.807) is 20.5 Å². The summed E-state index contributed by atoms with van der Waals surface area (Å²) in [5, 5.41) is 0. The summed E-state index contributed by atoms with van der Waals surface area (Å²) < 4.78 is 12.5. The summed E-state index contributed by atoms with van der Waals surface area (Å²) in [4.78, 5) is 4.38. The van der Waals surface area contributed by atoms with E-state index >= 15 is 0 Å². The molecule has 102 valence electrons. The zero-order valence-corrected chi connectivity index (χ0v) is 11.5. The first-order valence-corrected chi connectivity index (χ1v) is 6.24. The highest BCUT2D eigenvalue weighted by atomic mass is 16.5. The van der Waals surface area contributed by atoms with Crippen LogP contribution < -0.4 is 15.2 Å². The maximum absolute atomic E-state index is 6.11. The molecule has 0 saturated carbocycles. The first-order chi connectivity index (χ1) is 9.21. The van der Waals surface area contributed by atoms with Crippen molar-refractivity contribution in [3.63, 3.8) is 0 Å². The number of ether oxygens (including phenoxy) is 2. The molecule has 2 aromatic rings. The minimum absolute atomic E-state index is 0.671. The van der Waals surface area contributed by atoms with E-state index in [4.69, 9.17) is 15.2 Å². The van der Waals surface area contributed by atoms with Gasteiger partial charge in [0.05, 0.1) is 20.5 Å². The van der Waals surface area contributed by atoms with Crippen molar-refractivity contribution in [1.29, 1.82) is 0 Å². The molecule has 0 spiro atoms. The van der Waals surface area contributed by atoms with Gasteiger partial charge in [-0.1, -0.05) is 6.92 Å². The van der Waals surface area contributed by atoms with Crippen LogP contribution in [-0.2, 0) is 6.54 Å². The highest BCUT2D eigenvalue weighted by molar-refractivity contribution is 5.72. The van der Waals surface area contributed by atoms with Gasteiger partial charge in [-0.15, -0.1) is 0 Å². The Kier molecular flexibility index (Phi) is 3.94. The van der Waals surface area contributed by atoms with E-state index in [-0.39, 0.29) is 0 Å². The van der Waals surface area contributed by atoms with Crippen LogP contribution in [0.15, 0.2) is 24.5 Å². The maximum atomic E-state index is 6.11. The number of rotatable bonds is 5. The number of anilines is 1. The Hall–Kier alpha value is -2.17. The summed E-state index contributed by atoms with van der Waals surface area (Å²) in [5.74, 6) is 2.04. The van der Waals surface area contributed by atoms with Crippen LogP contribution in [0.25, 0.3) is 11.3 Å². The Balaban J connectivity index is 2.41. The van der Waals surface area contributed by atoms with Gasteiger partial charge in [-0.05, 0) is 24.6 Å². The minimum atomic E-state index is 0.671. The Morgan fingerprint density at radius 2 is 1.95 bits per heavy atom. The van der Waals surface area contributed by atoms with E-state index in [1.165, 1.54) is 0 Å². The fourth-order valence-corrected chi connectivity index (χ4v) is 2.02. The lowest BCUT2D eigenvalue weighted by atomic mass is 10.1. The molecule has 2 N–H and O–H groups in total. The lowest BCUT2D eigenvalue weighted by molar-refractivity contribution is 0.355. The molecular formula is C14H19N3O2. The molecule has 0 saturated heterocycles. The molecular weight excluding hydrogens is 242 g/mol. The van der Waals surface area contributed by atoms with Gasteiger partial charge in [0.15, 0.2) is 11.5 Å². The number of hydrogen-bond donors (Lipinski definition) is 1. The third kappa shape index (κ3) is 2.50. The Morgan fingerprint density at radius 1 is 1.21 bits per heavy atom. The number of nitrogen functional groups attached to an aromatic ring is 1. The smallest absolute Gasteiger partial charge is 0.161 e. The molecule has 19 heavy (non-hydrogen) atoms. The molecule has 0 amide bonds. The van der Waals surface area contributed by atoms with Crippen LogP contribution in [0.1, 0.15) is 13.3 Å². The number of benzene rings is 1. The quantitative estimate of drug-likeness (QED) is 0.898. The second-order valence-electron chi connectivity index (χ2n) is 4.24. The number of nitrogens with zero attached hydrogens (tertiary/aromatic N) is 2. The largest absolute Gasteiger partial charge is 0.493 e. The highest BCUT2D eigenvalue weighted by Gasteiger charge is 2.12. The molecule has 1 aromatic carbocycles. The van der Waals surface area contributed by atoms with Gasteiger partial charge in [0.25, 0.3) is 0 Å². The number of hydrogen-bond acceptors (Lipinski definition) is 4. The van der Waals surface area contributed by atoms with Crippen LogP contribution in [0.2, 0.25) is 0 Å². The Labute approximate surface area is 113 Å². The van der Waals surface area contributed by atoms with Crippen molar-refractivity contribution < 1.29 is 9.47 Å². The summed E-state index contributed by atoms with van der Waals surface area (Å²) in [6.45, 7) is 2.97. The van der Waals surface area contributed by atoms with E-state index in [2.05, 4.69) is 11.9 Å². The summed E-state index contributed by atoms with van der Waals surface area (Å²) in [6.07, 6.45) is 2.79. The predicted molar refractivity (Wildman–Crippen MR) is 75.5 cm³/mol. The molecule has 5 nitrogen and oxygen atoms in total. The number of methoxy groups -OCH3 is 2. The molecule has 1 heterocycles. The first kappa shape index (κ1) is 13.3. The van der Waals surface area contributed by atoms with Crippen LogP contribution >= 0.6 is 0 Å². The normalized spacial score (nSPS) is 10.5. The molecule has 1 aromatic heterocycles. The third-order valence-corrected chi connectivity index (χ3v) is 3.00. The molecule has 0 aliphatic heterocycles. The van der Waals surface area contributed by atoms with E-state index < -0.39 is 0 Å². The highest BCUT2D eigenvalue weighted by Crippen LogP contribution is 2.33. The van der Waals surface area contributed by atoms with Gasteiger partial charge in [-0.25, -0.2) is 4.98 Å². The fourth-order valence-electron chi connectivity index (χ4n) is 2.02. The zero-order valence-electron chi connectivity index (χ0n) is 11.5. The number of nitrogens with two attached hydrogens (primary N) is 1. The van der Waals surface area contributed by atoms with Crippen LogP contribution in [0.3, 0.4) is 0 Å². The zero-order chi connectivity index (χ0) is 13.8. The van der Waals surface area contributed by atoms with Crippen molar-refractivity contribution >= 4 is 5.82 Å². The van der Waals surface area contributed by atoms with Gasteiger partial charge in [0.1, 0.15) is 11.5 Å². The Bertz CT molecular complexity index is 564. The second kappa shape index (κ2) is 5.65.